The quantitative estimate of drug-likeness (QED) is 0.893. The summed E-state index contributed by atoms with van der Waals surface area (Å²) in [4.78, 5) is 0. The molecule has 0 bridgehead atoms. The zero-order valence-corrected chi connectivity index (χ0v) is 11.8. The van der Waals surface area contributed by atoms with E-state index in [1.54, 1.807) is 0 Å². The van der Waals surface area contributed by atoms with Crippen molar-refractivity contribution in [2.24, 2.45) is 17.6 Å². The van der Waals surface area contributed by atoms with E-state index in [-0.39, 0.29) is 6.04 Å². The van der Waals surface area contributed by atoms with Crippen LogP contribution in [-0.2, 0) is 0 Å². The second kappa shape index (κ2) is 5.83. The lowest BCUT2D eigenvalue weighted by Gasteiger charge is -2.31. The minimum Gasteiger partial charge on any atom is -0.323 e. The normalized spacial score (nSPS) is 30.3. The summed E-state index contributed by atoms with van der Waals surface area (Å²) in [5.41, 5.74) is 7.03. The summed E-state index contributed by atoms with van der Waals surface area (Å²) in [6.45, 7) is 6.84. The molecule has 0 amide bonds. The van der Waals surface area contributed by atoms with Crippen molar-refractivity contribution in [1.82, 2.24) is 15.0 Å². The molecular weight excluding hydrogens is 224 g/mol. The van der Waals surface area contributed by atoms with E-state index in [4.69, 9.17) is 5.73 Å². The van der Waals surface area contributed by atoms with Gasteiger partial charge in [-0.3, -0.25) is 0 Å². The summed E-state index contributed by atoms with van der Waals surface area (Å²) < 4.78 is 2.05. The Labute approximate surface area is 110 Å². The summed E-state index contributed by atoms with van der Waals surface area (Å²) in [5.74, 6) is 1.62. The monoisotopic (exact) mass is 250 g/mol. The fourth-order valence-corrected chi connectivity index (χ4v) is 2.86. The Morgan fingerprint density at radius 2 is 2.17 bits per heavy atom. The van der Waals surface area contributed by atoms with Gasteiger partial charge < -0.3 is 5.73 Å². The van der Waals surface area contributed by atoms with Gasteiger partial charge in [-0.1, -0.05) is 32.4 Å². The van der Waals surface area contributed by atoms with Crippen LogP contribution in [0.15, 0.2) is 6.20 Å². The molecule has 4 unspecified atom stereocenters. The zero-order valence-electron chi connectivity index (χ0n) is 11.8. The number of aromatic nitrogens is 3. The summed E-state index contributed by atoms with van der Waals surface area (Å²) in [7, 11) is 0. The number of nitrogens with two attached hydrogens (primary N) is 1. The third-order valence-electron chi connectivity index (χ3n) is 4.45. The van der Waals surface area contributed by atoms with Crippen LogP contribution in [0.1, 0.15) is 70.7 Å². The van der Waals surface area contributed by atoms with Gasteiger partial charge in [-0.05, 0) is 37.5 Å². The molecule has 4 nitrogen and oxygen atoms in total. The van der Waals surface area contributed by atoms with Gasteiger partial charge in [0.25, 0.3) is 0 Å². The molecule has 4 atom stereocenters. The maximum Gasteiger partial charge on any atom is 0.0994 e. The highest BCUT2D eigenvalue weighted by atomic mass is 15.4. The van der Waals surface area contributed by atoms with Gasteiger partial charge >= 0.3 is 0 Å². The molecule has 0 radical (unpaired) electrons. The van der Waals surface area contributed by atoms with Gasteiger partial charge in [0.05, 0.1) is 24.0 Å². The molecule has 1 aromatic heterocycles. The lowest BCUT2D eigenvalue weighted by atomic mass is 9.79. The molecule has 4 heteroatoms. The average Bonchev–Trinajstić information content (AvgIpc) is 2.82. The second-order valence-corrected chi connectivity index (χ2v) is 5.94. The van der Waals surface area contributed by atoms with Crippen LogP contribution in [0.25, 0.3) is 0 Å². The van der Waals surface area contributed by atoms with Crippen LogP contribution >= 0.6 is 0 Å². The summed E-state index contributed by atoms with van der Waals surface area (Å²) >= 11 is 0. The molecule has 1 aromatic rings. The van der Waals surface area contributed by atoms with Gasteiger partial charge in [-0.15, -0.1) is 5.10 Å². The van der Waals surface area contributed by atoms with Crippen LogP contribution in [-0.4, -0.2) is 15.0 Å². The Morgan fingerprint density at radius 1 is 1.39 bits per heavy atom. The molecule has 1 aliphatic carbocycles. The van der Waals surface area contributed by atoms with Crippen LogP contribution in [0.5, 0.6) is 0 Å². The van der Waals surface area contributed by atoms with Crippen molar-refractivity contribution in [3.63, 3.8) is 0 Å². The van der Waals surface area contributed by atoms with E-state index < -0.39 is 0 Å². The van der Waals surface area contributed by atoms with E-state index in [0.29, 0.717) is 6.04 Å². The van der Waals surface area contributed by atoms with Crippen molar-refractivity contribution in [1.29, 1.82) is 0 Å². The lowest BCUT2D eigenvalue weighted by molar-refractivity contribution is 0.199. The summed E-state index contributed by atoms with van der Waals surface area (Å²) in [6.07, 6.45) is 7.86. The maximum atomic E-state index is 6.08. The van der Waals surface area contributed by atoms with E-state index in [9.17, 15) is 0 Å². The first-order chi connectivity index (χ1) is 8.61. The van der Waals surface area contributed by atoms with Crippen LogP contribution in [0.2, 0.25) is 0 Å². The molecule has 1 aliphatic rings. The highest BCUT2D eigenvalue weighted by molar-refractivity contribution is 5.00. The van der Waals surface area contributed by atoms with Crippen molar-refractivity contribution < 1.29 is 0 Å². The Kier molecular flexibility index (Phi) is 4.38. The Balaban J connectivity index is 2.01. The lowest BCUT2D eigenvalue weighted by Crippen LogP contribution is -2.23. The minimum absolute atomic E-state index is 0.0451. The van der Waals surface area contributed by atoms with Crippen LogP contribution < -0.4 is 5.73 Å². The molecule has 2 rings (SSSR count). The summed E-state index contributed by atoms with van der Waals surface area (Å²) in [5, 5.41) is 8.53. The van der Waals surface area contributed by atoms with Gasteiger partial charge in [0.1, 0.15) is 0 Å². The largest absolute Gasteiger partial charge is 0.323 e. The molecule has 102 valence electrons. The van der Waals surface area contributed by atoms with Gasteiger partial charge in [0.2, 0.25) is 0 Å². The SMILES string of the molecule is CCCC(N)c1cn(C2CCC(C)C(C)C2)nn1. The number of rotatable bonds is 4. The van der Waals surface area contributed by atoms with Gasteiger partial charge in [0, 0.05) is 0 Å². The Hall–Kier alpha value is -0.900. The van der Waals surface area contributed by atoms with Gasteiger partial charge in [-0.25, -0.2) is 4.68 Å². The van der Waals surface area contributed by atoms with Crippen molar-refractivity contribution in [3.05, 3.63) is 11.9 Å². The Morgan fingerprint density at radius 3 is 2.83 bits per heavy atom. The molecule has 0 aliphatic heterocycles. The molecule has 0 spiro atoms. The van der Waals surface area contributed by atoms with E-state index in [2.05, 4.69) is 37.3 Å². The molecular formula is C14H26N4. The standard InChI is InChI=1S/C14H26N4/c1-4-5-13(15)14-9-18(17-16-14)12-7-6-10(2)11(3)8-12/h9-13H,4-8,15H2,1-3H3. The number of nitrogens with zero attached hydrogens (tertiary/aromatic N) is 3. The smallest absolute Gasteiger partial charge is 0.0994 e. The molecule has 1 heterocycles. The van der Waals surface area contributed by atoms with Crippen molar-refractivity contribution in [2.45, 2.75) is 65.0 Å². The average molecular weight is 250 g/mol. The number of hydrogen-bond acceptors (Lipinski definition) is 3. The Bertz CT molecular complexity index is 374. The van der Waals surface area contributed by atoms with E-state index in [1.807, 2.05) is 4.68 Å². The molecule has 2 N–H and O–H groups in total. The van der Waals surface area contributed by atoms with Crippen LogP contribution in [0, 0.1) is 11.8 Å². The molecule has 1 fully saturated rings. The van der Waals surface area contributed by atoms with E-state index >= 15 is 0 Å². The second-order valence-electron chi connectivity index (χ2n) is 5.94. The molecule has 0 saturated heterocycles. The first-order valence-electron chi connectivity index (χ1n) is 7.29. The number of hydrogen-bond donors (Lipinski definition) is 1. The topological polar surface area (TPSA) is 56.7 Å². The maximum absolute atomic E-state index is 6.08. The highest BCUT2D eigenvalue weighted by Gasteiger charge is 2.26. The highest BCUT2D eigenvalue weighted by Crippen LogP contribution is 2.35. The summed E-state index contributed by atoms with van der Waals surface area (Å²) in [6, 6.07) is 0.565. The van der Waals surface area contributed by atoms with Crippen molar-refractivity contribution in [2.75, 3.05) is 0 Å². The third kappa shape index (κ3) is 2.91. The fraction of sp³-hybridized carbons (Fsp3) is 0.857. The molecule has 0 aromatic carbocycles. The first kappa shape index (κ1) is 13.5. The predicted octanol–water partition coefficient (Wildman–Crippen LogP) is 3.08. The van der Waals surface area contributed by atoms with E-state index in [1.165, 1.54) is 19.3 Å². The minimum atomic E-state index is 0.0451. The first-order valence-corrected chi connectivity index (χ1v) is 7.29. The molecule has 1 saturated carbocycles. The van der Waals surface area contributed by atoms with Crippen molar-refractivity contribution >= 4 is 0 Å². The zero-order chi connectivity index (χ0) is 13.1. The van der Waals surface area contributed by atoms with Gasteiger partial charge in [-0.2, -0.15) is 0 Å². The van der Waals surface area contributed by atoms with Crippen molar-refractivity contribution in [3.8, 4) is 0 Å². The molecule has 18 heavy (non-hydrogen) atoms. The van der Waals surface area contributed by atoms with Gasteiger partial charge in [0.15, 0.2) is 0 Å². The fourth-order valence-electron chi connectivity index (χ4n) is 2.86. The third-order valence-corrected chi connectivity index (χ3v) is 4.45. The van der Waals surface area contributed by atoms with E-state index in [0.717, 1.165) is 30.4 Å². The van der Waals surface area contributed by atoms with Crippen LogP contribution in [0.4, 0.5) is 0 Å². The van der Waals surface area contributed by atoms with Crippen LogP contribution in [0.3, 0.4) is 0 Å². The predicted molar refractivity (Wildman–Crippen MR) is 73.1 cm³/mol.